The van der Waals surface area contributed by atoms with Gasteiger partial charge in [-0.3, -0.25) is 14.3 Å². The molecule has 0 radical (unpaired) electrons. The van der Waals surface area contributed by atoms with Crippen LogP contribution in [0.1, 0.15) is 17.4 Å². The molecule has 5 rings (SSSR count). The van der Waals surface area contributed by atoms with Gasteiger partial charge in [0.15, 0.2) is 17.3 Å². The lowest BCUT2D eigenvalue weighted by Gasteiger charge is -2.24. The number of rotatable bonds is 4. The molecule has 0 unspecified atom stereocenters. The Balaban J connectivity index is 1.79. The van der Waals surface area contributed by atoms with Crippen LogP contribution in [0, 0.1) is 17.6 Å². The van der Waals surface area contributed by atoms with E-state index in [0.717, 1.165) is 34.8 Å². The van der Waals surface area contributed by atoms with Crippen molar-refractivity contribution in [3.05, 3.63) is 70.3 Å². The fraction of sp³-hybridized carbons (Fsp3) is 0.250. The number of fused-ring (bicyclic) bond motifs is 1. The van der Waals surface area contributed by atoms with E-state index in [1.165, 1.54) is 6.07 Å². The summed E-state index contributed by atoms with van der Waals surface area (Å²) in [6.45, 7) is 3.26. The molecular weight excluding hydrogens is 456 g/mol. The third kappa shape index (κ3) is 3.64. The number of nitrogens with zero attached hydrogens (tertiary/aromatic N) is 5. The second-order valence-electron chi connectivity index (χ2n) is 8.80. The van der Waals surface area contributed by atoms with Crippen molar-refractivity contribution in [1.82, 2.24) is 19.6 Å². The van der Waals surface area contributed by atoms with E-state index in [1.807, 2.05) is 20.0 Å². The molecule has 1 fully saturated rings. The van der Waals surface area contributed by atoms with Crippen LogP contribution in [0.15, 0.2) is 47.4 Å². The number of para-hydroxylation sites is 1. The van der Waals surface area contributed by atoms with E-state index >= 15 is 0 Å². The first-order valence-electron chi connectivity index (χ1n) is 11.0. The molecule has 0 aliphatic carbocycles. The van der Waals surface area contributed by atoms with Gasteiger partial charge < -0.3 is 16.4 Å². The lowest BCUT2D eigenvalue weighted by atomic mass is 9.99. The maximum Gasteiger partial charge on any atom is 0.272 e. The number of aryl methyl sites for hydroxylation is 1. The van der Waals surface area contributed by atoms with Crippen LogP contribution in [0.5, 0.6) is 0 Å². The highest BCUT2D eigenvalue weighted by atomic mass is 19.1. The van der Waals surface area contributed by atoms with Gasteiger partial charge in [0.2, 0.25) is 0 Å². The van der Waals surface area contributed by atoms with Crippen LogP contribution >= 0.6 is 0 Å². The van der Waals surface area contributed by atoms with Gasteiger partial charge in [-0.2, -0.15) is 14.9 Å². The Morgan fingerprint density at radius 2 is 1.80 bits per heavy atom. The number of benzene rings is 2. The molecule has 3 heterocycles. The molecule has 1 aliphatic rings. The zero-order valence-corrected chi connectivity index (χ0v) is 19.1. The molecular formula is C24H23F2N7O2. The van der Waals surface area contributed by atoms with Gasteiger partial charge in [-0.1, -0.05) is 19.1 Å². The van der Waals surface area contributed by atoms with Crippen LogP contribution in [0.3, 0.4) is 0 Å². The Morgan fingerprint density at radius 3 is 2.43 bits per heavy atom. The molecule has 2 aromatic heterocycles. The summed E-state index contributed by atoms with van der Waals surface area (Å²) in [5.41, 5.74) is 12.4. The molecule has 180 valence electrons. The molecule has 1 amide bonds. The Bertz CT molecular complexity index is 1510. The van der Waals surface area contributed by atoms with Gasteiger partial charge in [0.25, 0.3) is 11.5 Å². The zero-order valence-electron chi connectivity index (χ0n) is 19.1. The first kappa shape index (κ1) is 22.7. The number of amides is 1. The van der Waals surface area contributed by atoms with Gasteiger partial charge in [-0.15, -0.1) is 0 Å². The minimum absolute atomic E-state index is 0.0689. The summed E-state index contributed by atoms with van der Waals surface area (Å²) in [4.78, 5) is 27.6. The van der Waals surface area contributed by atoms with Crippen LogP contribution in [-0.4, -0.2) is 44.6 Å². The van der Waals surface area contributed by atoms with Gasteiger partial charge >= 0.3 is 0 Å². The molecule has 4 aromatic rings. The van der Waals surface area contributed by atoms with Crippen molar-refractivity contribution in [3.8, 4) is 16.8 Å². The highest BCUT2D eigenvalue weighted by Crippen LogP contribution is 2.40. The summed E-state index contributed by atoms with van der Waals surface area (Å²) < 4.78 is 31.0. The maximum atomic E-state index is 14.4. The largest absolute Gasteiger partial charge is 0.369 e. The van der Waals surface area contributed by atoms with Crippen molar-refractivity contribution in [2.75, 3.05) is 18.0 Å². The van der Waals surface area contributed by atoms with Crippen molar-refractivity contribution < 1.29 is 13.6 Å². The fourth-order valence-corrected chi connectivity index (χ4v) is 4.64. The maximum absolute atomic E-state index is 14.4. The lowest BCUT2D eigenvalue weighted by molar-refractivity contribution is 0.0994. The van der Waals surface area contributed by atoms with Gasteiger partial charge in [0.1, 0.15) is 5.69 Å². The molecule has 2 aromatic carbocycles. The predicted molar refractivity (Wildman–Crippen MR) is 127 cm³/mol. The number of carbonyl (C=O) groups is 1. The number of nitrogens with two attached hydrogens (primary N) is 2. The summed E-state index contributed by atoms with van der Waals surface area (Å²) in [7, 11) is 1.81. The van der Waals surface area contributed by atoms with Crippen molar-refractivity contribution in [2.24, 2.45) is 24.4 Å². The van der Waals surface area contributed by atoms with Crippen molar-refractivity contribution in [2.45, 2.75) is 13.0 Å². The molecule has 2 atom stereocenters. The monoisotopic (exact) mass is 479 g/mol. The minimum Gasteiger partial charge on any atom is -0.369 e. The number of hydrogen-bond donors (Lipinski definition) is 2. The fourth-order valence-electron chi connectivity index (χ4n) is 4.64. The second kappa shape index (κ2) is 8.27. The zero-order chi connectivity index (χ0) is 25.0. The molecule has 9 nitrogen and oxygen atoms in total. The third-order valence-corrected chi connectivity index (χ3v) is 6.49. The van der Waals surface area contributed by atoms with E-state index < -0.39 is 28.8 Å². The third-order valence-electron chi connectivity index (χ3n) is 6.49. The Morgan fingerprint density at radius 1 is 1.09 bits per heavy atom. The SMILES string of the molecule is C[C@@H]1CN(c2c(-c3cc(=O)n(-c4c(F)cccc4F)nc3C(N)=O)ccc3c2cnn3C)C[C@@H]1N. The molecule has 35 heavy (non-hydrogen) atoms. The number of carbonyl (C=O) groups excluding carboxylic acids is 1. The quantitative estimate of drug-likeness (QED) is 0.461. The van der Waals surface area contributed by atoms with Gasteiger partial charge in [-0.05, 0) is 24.1 Å². The Kier molecular flexibility index (Phi) is 5.36. The topological polar surface area (TPSA) is 125 Å². The van der Waals surface area contributed by atoms with Crippen molar-refractivity contribution >= 4 is 22.5 Å². The lowest BCUT2D eigenvalue weighted by Crippen LogP contribution is -2.29. The number of hydrogen-bond acceptors (Lipinski definition) is 6. The van der Waals surface area contributed by atoms with Gasteiger partial charge in [-0.25, -0.2) is 8.78 Å². The summed E-state index contributed by atoms with van der Waals surface area (Å²) in [5, 5.41) is 9.16. The minimum atomic E-state index is -1.000. The summed E-state index contributed by atoms with van der Waals surface area (Å²) in [6, 6.07) is 7.78. The number of aromatic nitrogens is 4. The summed E-state index contributed by atoms with van der Waals surface area (Å²) in [6.07, 6.45) is 1.70. The molecule has 4 N–H and O–H groups in total. The van der Waals surface area contributed by atoms with Crippen LogP contribution < -0.4 is 21.9 Å². The standard InChI is InChI=1S/C24H23F2N7O2/c1-12-10-32(11-18(12)27)22-13(6-7-19-15(22)9-29-31(19)2)14-8-20(34)33(30-21(14)24(28)35)23-16(25)4-3-5-17(23)26/h3-9,12,18H,10-11,27H2,1-2H3,(H2,28,35)/t12-,18+/m1/s1. The van der Waals surface area contributed by atoms with E-state index in [4.69, 9.17) is 11.5 Å². The van der Waals surface area contributed by atoms with Gasteiger partial charge in [0, 0.05) is 48.8 Å². The van der Waals surface area contributed by atoms with E-state index in [0.29, 0.717) is 23.3 Å². The van der Waals surface area contributed by atoms with E-state index in [1.54, 1.807) is 16.9 Å². The normalized spacial score (nSPS) is 17.9. The molecule has 11 heteroatoms. The first-order chi connectivity index (χ1) is 16.7. The molecule has 1 aliphatic heterocycles. The molecule has 0 bridgehead atoms. The van der Waals surface area contributed by atoms with Crippen LogP contribution in [0.25, 0.3) is 27.7 Å². The number of halogens is 2. The van der Waals surface area contributed by atoms with Crippen molar-refractivity contribution in [3.63, 3.8) is 0 Å². The van der Waals surface area contributed by atoms with E-state index in [9.17, 15) is 18.4 Å². The Labute approximate surface area is 198 Å². The van der Waals surface area contributed by atoms with Crippen LogP contribution in [-0.2, 0) is 7.05 Å². The molecule has 0 spiro atoms. The number of primary amides is 1. The smallest absolute Gasteiger partial charge is 0.272 e. The summed E-state index contributed by atoms with van der Waals surface area (Å²) in [5.74, 6) is -2.74. The van der Waals surface area contributed by atoms with E-state index in [2.05, 4.69) is 15.1 Å². The number of anilines is 1. The second-order valence-corrected chi connectivity index (χ2v) is 8.80. The van der Waals surface area contributed by atoms with Crippen LogP contribution in [0.2, 0.25) is 0 Å². The Hall–Kier alpha value is -4.12. The van der Waals surface area contributed by atoms with E-state index in [-0.39, 0.29) is 23.2 Å². The van der Waals surface area contributed by atoms with Gasteiger partial charge in [0.05, 0.1) is 17.4 Å². The first-order valence-corrected chi connectivity index (χ1v) is 11.0. The average molecular weight is 479 g/mol. The van der Waals surface area contributed by atoms with Crippen LogP contribution in [0.4, 0.5) is 14.5 Å². The summed E-state index contributed by atoms with van der Waals surface area (Å²) >= 11 is 0. The predicted octanol–water partition coefficient (Wildman–Crippen LogP) is 1.95. The van der Waals surface area contributed by atoms with Crippen molar-refractivity contribution in [1.29, 1.82) is 0 Å². The highest BCUT2D eigenvalue weighted by molar-refractivity contribution is 6.05. The molecule has 1 saturated heterocycles. The highest BCUT2D eigenvalue weighted by Gasteiger charge is 2.31. The average Bonchev–Trinajstić information content (AvgIpc) is 3.35. The molecule has 0 saturated carbocycles.